The van der Waals surface area contributed by atoms with Crippen LogP contribution < -0.4 is 9.47 Å². The van der Waals surface area contributed by atoms with Gasteiger partial charge in [0.05, 0.1) is 31.8 Å². The van der Waals surface area contributed by atoms with E-state index < -0.39 is 40.7 Å². The van der Waals surface area contributed by atoms with Crippen LogP contribution in [0.3, 0.4) is 0 Å². The molecule has 0 saturated carbocycles. The number of hydrogen-bond donors (Lipinski definition) is 4. The first-order valence-electron chi connectivity index (χ1n) is 10.6. The molecule has 1 aliphatic rings. The number of aromatic hydroxyl groups is 4. The molecular weight excluding hydrogens is 472 g/mol. The number of fused-ring (bicyclic) bond motifs is 1. The first-order chi connectivity index (χ1) is 17.2. The molecule has 0 radical (unpaired) electrons. The molecule has 0 unspecified atom stereocenters. The van der Waals surface area contributed by atoms with Gasteiger partial charge in [-0.05, 0) is 35.4 Å². The van der Waals surface area contributed by atoms with Crippen molar-refractivity contribution in [1.29, 1.82) is 0 Å². The highest BCUT2D eigenvalue weighted by Crippen LogP contribution is 2.39. The molecule has 0 fully saturated rings. The predicted molar refractivity (Wildman–Crippen MR) is 125 cm³/mol. The summed E-state index contributed by atoms with van der Waals surface area (Å²) in [6.45, 7) is 0. The number of carbonyl (C=O) groups excluding carboxylic acids is 2. The number of benzene rings is 3. The van der Waals surface area contributed by atoms with Crippen LogP contribution in [-0.4, -0.2) is 52.4 Å². The highest BCUT2D eigenvalue weighted by molar-refractivity contribution is 5.93. The SMILES string of the molecule is COc1cc(C(=O)OC2(OC(=O)c3cc(O)c(O)c(OC)c3)C=Cc3ccccc3C2)cc(O)c1O. The second-order valence-corrected chi connectivity index (χ2v) is 7.89. The highest BCUT2D eigenvalue weighted by Gasteiger charge is 2.40. The fraction of sp³-hybridized carbons (Fsp3) is 0.154. The summed E-state index contributed by atoms with van der Waals surface area (Å²) in [5, 5.41) is 39.6. The second-order valence-electron chi connectivity index (χ2n) is 7.89. The Labute approximate surface area is 205 Å². The quantitative estimate of drug-likeness (QED) is 0.228. The van der Waals surface area contributed by atoms with E-state index in [-0.39, 0.29) is 29.0 Å². The van der Waals surface area contributed by atoms with E-state index in [1.807, 2.05) is 12.1 Å². The Balaban J connectivity index is 1.71. The van der Waals surface area contributed by atoms with E-state index in [0.717, 1.165) is 35.4 Å². The highest BCUT2D eigenvalue weighted by atomic mass is 16.7. The minimum atomic E-state index is -1.91. The van der Waals surface area contributed by atoms with Gasteiger partial charge in [0.25, 0.3) is 5.79 Å². The zero-order valence-corrected chi connectivity index (χ0v) is 19.2. The van der Waals surface area contributed by atoms with Gasteiger partial charge in [0.15, 0.2) is 23.0 Å². The molecule has 36 heavy (non-hydrogen) atoms. The van der Waals surface area contributed by atoms with E-state index in [4.69, 9.17) is 18.9 Å². The number of hydrogen-bond acceptors (Lipinski definition) is 10. The minimum absolute atomic E-state index is 0.0421. The summed E-state index contributed by atoms with van der Waals surface area (Å²) < 4.78 is 21.3. The van der Waals surface area contributed by atoms with Crippen LogP contribution in [0, 0.1) is 0 Å². The molecule has 0 atom stereocenters. The van der Waals surface area contributed by atoms with Gasteiger partial charge in [-0.1, -0.05) is 30.3 Å². The average Bonchev–Trinajstić information content (AvgIpc) is 2.86. The number of rotatable bonds is 6. The normalized spacial score (nSPS) is 13.4. The monoisotopic (exact) mass is 494 g/mol. The van der Waals surface area contributed by atoms with Crippen molar-refractivity contribution in [1.82, 2.24) is 0 Å². The van der Waals surface area contributed by atoms with E-state index in [1.54, 1.807) is 18.2 Å². The Morgan fingerprint density at radius 3 is 1.78 bits per heavy atom. The molecule has 0 aromatic heterocycles. The van der Waals surface area contributed by atoms with Gasteiger partial charge in [0, 0.05) is 6.08 Å². The zero-order chi connectivity index (χ0) is 26.0. The van der Waals surface area contributed by atoms with E-state index in [9.17, 15) is 30.0 Å². The third-order valence-electron chi connectivity index (χ3n) is 5.56. The molecule has 1 aliphatic carbocycles. The maximum Gasteiger partial charge on any atom is 0.341 e. The Hall–Kier alpha value is -4.86. The lowest BCUT2D eigenvalue weighted by molar-refractivity contribution is -0.134. The van der Waals surface area contributed by atoms with Gasteiger partial charge in [-0.2, -0.15) is 0 Å². The van der Waals surface area contributed by atoms with Gasteiger partial charge in [-0.3, -0.25) is 0 Å². The summed E-state index contributed by atoms with van der Waals surface area (Å²) in [5.41, 5.74) is 1.20. The Kier molecular flexibility index (Phi) is 6.35. The van der Waals surface area contributed by atoms with Gasteiger partial charge in [-0.15, -0.1) is 0 Å². The molecule has 10 nitrogen and oxygen atoms in total. The van der Waals surface area contributed by atoms with Gasteiger partial charge >= 0.3 is 11.9 Å². The lowest BCUT2D eigenvalue weighted by Gasteiger charge is -2.33. The van der Waals surface area contributed by atoms with Crippen molar-refractivity contribution in [2.45, 2.75) is 12.2 Å². The molecule has 4 N–H and O–H groups in total. The Morgan fingerprint density at radius 1 is 0.778 bits per heavy atom. The summed E-state index contributed by atoms with van der Waals surface area (Å²) >= 11 is 0. The van der Waals surface area contributed by atoms with E-state index >= 15 is 0 Å². The van der Waals surface area contributed by atoms with Gasteiger partial charge < -0.3 is 39.4 Å². The van der Waals surface area contributed by atoms with Crippen LogP contribution in [0.15, 0.2) is 54.6 Å². The average molecular weight is 494 g/mol. The number of carbonyl (C=O) groups is 2. The molecule has 0 amide bonds. The maximum absolute atomic E-state index is 13.1. The summed E-state index contributed by atoms with van der Waals surface area (Å²) in [6, 6.07) is 11.5. The van der Waals surface area contributed by atoms with Crippen LogP contribution in [0.1, 0.15) is 31.8 Å². The van der Waals surface area contributed by atoms with Gasteiger partial charge in [-0.25, -0.2) is 9.59 Å². The lowest BCUT2D eigenvalue weighted by atomic mass is 9.93. The Bertz CT molecular complexity index is 1300. The largest absolute Gasteiger partial charge is 0.504 e. The lowest BCUT2D eigenvalue weighted by Crippen LogP contribution is -2.42. The Morgan fingerprint density at radius 2 is 1.28 bits per heavy atom. The van der Waals surface area contributed by atoms with Crippen molar-refractivity contribution in [3.63, 3.8) is 0 Å². The molecule has 186 valence electrons. The fourth-order valence-corrected chi connectivity index (χ4v) is 3.72. The zero-order valence-electron chi connectivity index (χ0n) is 19.2. The van der Waals surface area contributed by atoms with Crippen LogP contribution >= 0.6 is 0 Å². The molecule has 10 heteroatoms. The second kappa shape index (κ2) is 9.41. The fourth-order valence-electron chi connectivity index (χ4n) is 3.72. The first kappa shape index (κ1) is 24.3. The van der Waals surface area contributed by atoms with Crippen LogP contribution in [-0.2, 0) is 15.9 Å². The predicted octanol–water partition coefficient (Wildman–Crippen LogP) is 3.51. The molecule has 0 heterocycles. The third kappa shape index (κ3) is 4.56. The number of ether oxygens (including phenoxy) is 4. The summed E-state index contributed by atoms with van der Waals surface area (Å²) in [6.07, 6.45) is 2.99. The molecule has 4 rings (SSSR count). The summed E-state index contributed by atoms with van der Waals surface area (Å²) in [4.78, 5) is 26.2. The number of phenols is 4. The van der Waals surface area contributed by atoms with Crippen LogP contribution in [0.25, 0.3) is 6.08 Å². The van der Waals surface area contributed by atoms with Gasteiger partial charge in [0.1, 0.15) is 0 Å². The molecular formula is C26H22O10. The van der Waals surface area contributed by atoms with Crippen molar-refractivity contribution in [2.75, 3.05) is 14.2 Å². The molecule has 0 spiro atoms. The smallest absolute Gasteiger partial charge is 0.341 e. The first-order valence-corrected chi connectivity index (χ1v) is 10.6. The van der Waals surface area contributed by atoms with Crippen molar-refractivity contribution >= 4 is 18.0 Å². The van der Waals surface area contributed by atoms with Crippen LogP contribution in [0.5, 0.6) is 34.5 Å². The standard InChI is InChI=1S/C26H22O10/c1-33-20-11-16(9-18(27)22(20)29)24(31)35-26(8-7-14-5-3-4-6-15(14)13-26)36-25(32)17-10-19(28)23(30)21(12-17)34-2/h3-12,27-30H,13H2,1-2H3. The van der Waals surface area contributed by atoms with Crippen LogP contribution in [0.4, 0.5) is 0 Å². The van der Waals surface area contributed by atoms with Gasteiger partial charge in [0.2, 0.25) is 11.5 Å². The molecule has 3 aromatic rings. The maximum atomic E-state index is 13.1. The van der Waals surface area contributed by atoms with E-state index in [0.29, 0.717) is 0 Å². The van der Waals surface area contributed by atoms with Crippen molar-refractivity contribution in [3.8, 4) is 34.5 Å². The van der Waals surface area contributed by atoms with E-state index in [2.05, 4.69) is 0 Å². The van der Waals surface area contributed by atoms with Crippen molar-refractivity contribution < 1.29 is 49.0 Å². The number of phenolic OH excluding ortho intramolecular Hbond substituents is 4. The van der Waals surface area contributed by atoms with E-state index in [1.165, 1.54) is 20.3 Å². The van der Waals surface area contributed by atoms with Crippen molar-refractivity contribution in [2.24, 2.45) is 0 Å². The topological polar surface area (TPSA) is 152 Å². The third-order valence-corrected chi connectivity index (χ3v) is 5.56. The molecule has 0 saturated heterocycles. The molecule has 3 aromatic carbocycles. The van der Waals surface area contributed by atoms with Crippen LogP contribution in [0.2, 0.25) is 0 Å². The number of methoxy groups -OCH3 is 2. The molecule has 0 aliphatic heterocycles. The number of esters is 2. The minimum Gasteiger partial charge on any atom is -0.504 e. The summed E-state index contributed by atoms with van der Waals surface area (Å²) in [5.74, 6) is -6.52. The molecule has 0 bridgehead atoms. The summed E-state index contributed by atoms with van der Waals surface area (Å²) in [7, 11) is 2.49. The van der Waals surface area contributed by atoms with Crippen molar-refractivity contribution in [3.05, 3.63) is 76.9 Å².